The third-order valence-corrected chi connectivity index (χ3v) is 4.44. The molecule has 0 spiro atoms. The maximum absolute atomic E-state index is 11.9. The Morgan fingerprint density at radius 1 is 1.27 bits per heavy atom. The fourth-order valence-electron chi connectivity index (χ4n) is 1.97. The Bertz CT molecular complexity index is 680. The Labute approximate surface area is 134 Å². The zero-order valence-corrected chi connectivity index (χ0v) is 14.4. The van der Waals surface area contributed by atoms with Gasteiger partial charge in [-0.2, -0.15) is 0 Å². The van der Waals surface area contributed by atoms with Crippen LogP contribution in [-0.4, -0.2) is 22.7 Å². The minimum absolute atomic E-state index is 0.0413. The number of rotatable bonds is 5. The largest absolute Gasteiger partial charge is 0.483 e. The lowest BCUT2D eigenvalue weighted by Gasteiger charge is -2.11. The first kappa shape index (κ1) is 16.4. The molecule has 22 heavy (non-hydrogen) atoms. The number of carbonyl (C=O) groups is 1. The molecule has 1 amide bonds. The first-order valence-corrected chi connectivity index (χ1v) is 8.02. The predicted molar refractivity (Wildman–Crippen MR) is 88.8 cm³/mol. The number of ether oxygens (including phenoxy) is 1. The van der Waals surface area contributed by atoms with Gasteiger partial charge in [-0.05, 0) is 43.5 Å². The summed E-state index contributed by atoms with van der Waals surface area (Å²) in [7, 11) is 0. The number of aryl methyl sites for hydroxylation is 2. The molecule has 0 saturated heterocycles. The maximum atomic E-state index is 11.9. The molecule has 0 bridgehead atoms. The van der Waals surface area contributed by atoms with E-state index in [0.29, 0.717) is 11.0 Å². The molecule has 0 fully saturated rings. The van der Waals surface area contributed by atoms with E-state index in [1.54, 1.807) is 0 Å². The van der Waals surface area contributed by atoms with Crippen LogP contribution in [0.3, 0.4) is 0 Å². The lowest BCUT2D eigenvalue weighted by atomic mass is 10.1. The van der Waals surface area contributed by atoms with Gasteiger partial charge in [0, 0.05) is 5.92 Å². The predicted octanol–water partition coefficient (Wildman–Crippen LogP) is 3.60. The second kappa shape index (κ2) is 6.87. The summed E-state index contributed by atoms with van der Waals surface area (Å²) < 4.78 is 5.63. The molecule has 1 aromatic carbocycles. The number of amides is 1. The Balaban J connectivity index is 1.95. The standard InChI is InChI=1S/C16H21N3O2S/c1-9(2)15-18-19-16(22-15)17-14(20)8-21-13-7-10(3)6-11(4)12(13)5/h6-7,9H,8H2,1-5H3,(H,17,19,20). The van der Waals surface area contributed by atoms with Gasteiger partial charge < -0.3 is 4.74 Å². The van der Waals surface area contributed by atoms with E-state index in [1.165, 1.54) is 11.3 Å². The number of carbonyl (C=O) groups excluding carboxylic acids is 1. The highest BCUT2D eigenvalue weighted by Gasteiger charge is 2.12. The molecule has 0 aliphatic heterocycles. The quantitative estimate of drug-likeness (QED) is 0.914. The number of hydrogen-bond acceptors (Lipinski definition) is 5. The first-order valence-electron chi connectivity index (χ1n) is 7.20. The van der Waals surface area contributed by atoms with E-state index in [4.69, 9.17) is 4.74 Å². The van der Waals surface area contributed by atoms with Gasteiger partial charge >= 0.3 is 0 Å². The molecule has 5 nitrogen and oxygen atoms in total. The third-order valence-electron chi connectivity index (χ3n) is 3.30. The Hall–Kier alpha value is -1.95. The molecule has 1 heterocycles. The lowest BCUT2D eigenvalue weighted by molar-refractivity contribution is -0.118. The van der Waals surface area contributed by atoms with Crippen molar-refractivity contribution in [3.05, 3.63) is 33.8 Å². The number of hydrogen-bond donors (Lipinski definition) is 1. The molecule has 1 N–H and O–H groups in total. The maximum Gasteiger partial charge on any atom is 0.264 e. The van der Waals surface area contributed by atoms with Gasteiger partial charge in [-0.25, -0.2) is 0 Å². The first-order chi connectivity index (χ1) is 10.4. The van der Waals surface area contributed by atoms with Gasteiger partial charge in [0.1, 0.15) is 10.8 Å². The summed E-state index contributed by atoms with van der Waals surface area (Å²) in [5.41, 5.74) is 3.32. The van der Waals surface area contributed by atoms with Crippen molar-refractivity contribution in [1.29, 1.82) is 0 Å². The molecular weight excluding hydrogens is 298 g/mol. The summed E-state index contributed by atoms with van der Waals surface area (Å²) in [4.78, 5) is 11.9. The van der Waals surface area contributed by atoms with E-state index in [9.17, 15) is 4.79 Å². The van der Waals surface area contributed by atoms with Gasteiger partial charge in [0.05, 0.1) is 0 Å². The summed E-state index contributed by atoms with van der Waals surface area (Å²) in [6.07, 6.45) is 0. The molecule has 0 aliphatic carbocycles. The van der Waals surface area contributed by atoms with Gasteiger partial charge in [0.25, 0.3) is 5.91 Å². The number of nitrogens with one attached hydrogen (secondary N) is 1. The summed E-state index contributed by atoms with van der Waals surface area (Å²) in [5, 5.41) is 12.1. The van der Waals surface area contributed by atoms with Crippen molar-refractivity contribution in [2.24, 2.45) is 0 Å². The number of aromatic nitrogens is 2. The molecule has 118 valence electrons. The van der Waals surface area contributed by atoms with E-state index in [0.717, 1.165) is 27.4 Å². The van der Waals surface area contributed by atoms with Crippen LogP contribution in [0.2, 0.25) is 0 Å². The van der Waals surface area contributed by atoms with Crippen LogP contribution >= 0.6 is 11.3 Å². The molecule has 1 aromatic heterocycles. The van der Waals surface area contributed by atoms with Crippen molar-refractivity contribution in [3.8, 4) is 5.75 Å². The van der Waals surface area contributed by atoms with Crippen LogP contribution < -0.4 is 10.1 Å². The Kier molecular flexibility index (Phi) is 5.13. The fourth-order valence-corrected chi connectivity index (χ4v) is 2.73. The molecule has 2 aromatic rings. The van der Waals surface area contributed by atoms with Crippen LogP contribution in [0.1, 0.15) is 41.5 Å². The van der Waals surface area contributed by atoms with Crippen LogP contribution in [0, 0.1) is 20.8 Å². The van der Waals surface area contributed by atoms with Crippen LogP contribution in [-0.2, 0) is 4.79 Å². The summed E-state index contributed by atoms with van der Waals surface area (Å²) in [6.45, 7) is 10.1. The minimum atomic E-state index is -0.231. The highest BCUT2D eigenvalue weighted by molar-refractivity contribution is 7.15. The fraction of sp³-hybridized carbons (Fsp3) is 0.438. The van der Waals surface area contributed by atoms with Gasteiger partial charge in [0.2, 0.25) is 5.13 Å². The van der Waals surface area contributed by atoms with Crippen molar-refractivity contribution < 1.29 is 9.53 Å². The van der Waals surface area contributed by atoms with Crippen LogP contribution in [0.4, 0.5) is 5.13 Å². The van der Waals surface area contributed by atoms with Crippen LogP contribution in [0.25, 0.3) is 0 Å². The van der Waals surface area contributed by atoms with E-state index in [-0.39, 0.29) is 12.5 Å². The summed E-state index contributed by atoms with van der Waals surface area (Å²) in [5.74, 6) is 0.815. The van der Waals surface area contributed by atoms with E-state index >= 15 is 0 Å². The lowest BCUT2D eigenvalue weighted by Crippen LogP contribution is -2.20. The van der Waals surface area contributed by atoms with E-state index < -0.39 is 0 Å². The van der Waals surface area contributed by atoms with Gasteiger partial charge in [-0.3, -0.25) is 10.1 Å². The van der Waals surface area contributed by atoms with Crippen molar-refractivity contribution in [2.45, 2.75) is 40.5 Å². The van der Waals surface area contributed by atoms with Crippen molar-refractivity contribution >= 4 is 22.4 Å². The number of nitrogens with zero attached hydrogens (tertiary/aromatic N) is 2. The number of anilines is 1. The highest BCUT2D eigenvalue weighted by Crippen LogP contribution is 2.24. The third kappa shape index (κ3) is 4.04. The molecule has 2 rings (SSSR count). The zero-order valence-electron chi connectivity index (χ0n) is 13.6. The summed E-state index contributed by atoms with van der Waals surface area (Å²) >= 11 is 1.39. The molecule has 0 aliphatic rings. The second-order valence-electron chi connectivity index (χ2n) is 5.64. The molecular formula is C16H21N3O2S. The topological polar surface area (TPSA) is 64.1 Å². The zero-order chi connectivity index (χ0) is 16.3. The Morgan fingerprint density at radius 2 is 2.00 bits per heavy atom. The van der Waals surface area contributed by atoms with E-state index in [2.05, 4.69) is 21.6 Å². The molecule has 6 heteroatoms. The highest BCUT2D eigenvalue weighted by atomic mass is 32.1. The molecule has 0 radical (unpaired) electrons. The van der Waals surface area contributed by atoms with E-state index in [1.807, 2.05) is 40.7 Å². The van der Waals surface area contributed by atoms with Gasteiger partial charge in [-0.1, -0.05) is 31.3 Å². The van der Waals surface area contributed by atoms with Crippen molar-refractivity contribution in [1.82, 2.24) is 10.2 Å². The van der Waals surface area contributed by atoms with Gasteiger partial charge in [-0.15, -0.1) is 10.2 Å². The average molecular weight is 319 g/mol. The van der Waals surface area contributed by atoms with Crippen LogP contribution in [0.5, 0.6) is 5.75 Å². The normalized spacial score (nSPS) is 10.8. The molecule has 0 unspecified atom stereocenters. The van der Waals surface area contributed by atoms with Gasteiger partial charge in [0.15, 0.2) is 6.61 Å². The smallest absolute Gasteiger partial charge is 0.264 e. The van der Waals surface area contributed by atoms with Crippen LogP contribution in [0.15, 0.2) is 12.1 Å². The van der Waals surface area contributed by atoms with Crippen molar-refractivity contribution in [3.63, 3.8) is 0 Å². The second-order valence-corrected chi connectivity index (χ2v) is 6.65. The number of benzene rings is 1. The van der Waals surface area contributed by atoms with Crippen molar-refractivity contribution in [2.75, 3.05) is 11.9 Å². The molecule has 0 atom stereocenters. The summed E-state index contributed by atoms with van der Waals surface area (Å²) in [6, 6.07) is 4.04. The monoisotopic (exact) mass is 319 g/mol. The minimum Gasteiger partial charge on any atom is -0.483 e. The Morgan fingerprint density at radius 3 is 2.64 bits per heavy atom. The SMILES string of the molecule is Cc1cc(C)c(C)c(OCC(=O)Nc2nnc(C(C)C)s2)c1. The average Bonchev–Trinajstić information content (AvgIpc) is 2.90. The molecule has 0 saturated carbocycles.